The van der Waals surface area contributed by atoms with E-state index in [0.29, 0.717) is 17.2 Å². The lowest BCUT2D eigenvalue weighted by Crippen LogP contribution is -2.26. The molecule has 0 unspecified atom stereocenters. The number of benzene rings is 4. The molecular weight excluding hydrogens is 442 g/mol. The van der Waals surface area contributed by atoms with E-state index in [4.69, 9.17) is 16.3 Å². The van der Waals surface area contributed by atoms with Crippen LogP contribution in [0.1, 0.15) is 42.3 Å². The van der Waals surface area contributed by atoms with Crippen molar-refractivity contribution < 1.29 is 9.53 Å². The van der Waals surface area contributed by atoms with Gasteiger partial charge in [-0.15, -0.1) is 0 Å². The molecule has 168 valence electrons. The van der Waals surface area contributed by atoms with Gasteiger partial charge in [0.25, 0.3) is 0 Å². The van der Waals surface area contributed by atoms with Gasteiger partial charge in [0.15, 0.2) is 0 Å². The summed E-state index contributed by atoms with van der Waals surface area (Å²) in [5.41, 5.74) is 8.22. The van der Waals surface area contributed by atoms with Gasteiger partial charge in [-0.2, -0.15) is 0 Å². The zero-order valence-electron chi connectivity index (χ0n) is 19.4. The van der Waals surface area contributed by atoms with E-state index >= 15 is 0 Å². The topological polar surface area (TPSA) is 31.2 Å². The van der Waals surface area contributed by atoms with E-state index in [1.807, 2.05) is 19.1 Å². The zero-order chi connectivity index (χ0) is 23.6. The highest BCUT2D eigenvalue weighted by molar-refractivity contribution is 6.31. The van der Waals surface area contributed by atoms with Gasteiger partial charge >= 0.3 is 5.97 Å². The van der Waals surface area contributed by atoms with Crippen LogP contribution in [0.2, 0.25) is 5.02 Å². The molecule has 3 nitrogen and oxygen atoms in total. The summed E-state index contributed by atoms with van der Waals surface area (Å²) in [5.74, 6) is -0.361. The third-order valence-corrected chi connectivity index (χ3v) is 7.30. The van der Waals surface area contributed by atoms with Crippen LogP contribution < -0.4 is 0 Å². The molecule has 0 saturated heterocycles. The van der Waals surface area contributed by atoms with Crippen LogP contribution in [-0.2, 0) is 10.2 Å². The molecule has 1 aliphatic heterocycles. The standard InChI is InChI=1S/C30H24ClNO2/c1-4-34-29(33)23-17-19(31)13-14-20(23)18-12-15-27-25(16-18)30(2,3)24-10-7-9-22-21-8-5-6-11-26(21)32(27)28(22)24/h5-17H,4H2,1-3H3. The molecule has 2 heterocycles. The summed E-state index contributed by atoms with van der Waals surface area (Å²) in [4.78, 5) is 12.7. The molecule has 4 aromatic carbocycles. The van der Waals surface area contributed by atoms with Crippen molar-refractivity contribution in [1.29, 1.82) is 0 Å². The molecule has 5 aromatic rings. The smallest absolute Gasteiger partial charge is 0.338 e. The van der Waals surface area contributed by atoms with Gasteiger partial charge in [-0.25, -0.2) is 4.79 Å². The van der Waals surface area contributed by atoms with E-state index < -0.39 is 0 Å². The quantitative estimate of drug-likeness (QED) is 0.253. The lowest BCUT2D eigenvalue weighted by atomic mass is 9.74. The number of hydrogen-bond acceptors (Lipinski definition) is 2. The van der Waals surface area contributed by atoms with Gasteiger partial charge < -0.3 is 9.30 Å². The molecule has 0 spiro atoms. The first kappa shape index (κ1) is 21.0. The fraction of sp³-hybridized carbons (Fsp3) is 0.167. The monoisotopic (exact) mass is 465 g/mol. The van der Waals surface area contributed by atoms with Crippen LogP contribution in [0.15, 0.2) is 78.9 Å². The number of carbonyl (C=O) groups is 1. The molecule has 1 aliphatic rings. The maximum atomic E-state index is 12.7. The predicted octanol–water partition coefficient (Wildman–Crippen LogP) is 7.92. The molecule has 6 rings (SSSR count). The Morgan fingerprint density at radius 3 is 2.53 bits per heavy atom. The largest absolute Gasteiger partial charge is 0.462 e. The van der Waals surface area contributed by atoms with Gasteiger partial charge in [-0.3, -0.25) is 0 Å². The maximum absolute atomic E-state index is 12.7. The molecule has 0 saturated carbocycles. The average Bonchev–Trinajstić information content (AvgIpc) is 3.18. The summed E-state index contributed by atoms with van der Waals surface area (Å²) >= 11 is 6.24. The van der Waals surface area contributed by atoms with Crippen molar-refractivity contribution in [1.82, 2.24) is 4.57 Å². The molecule has 4 heteroatoms. The summed E-state index contributed by atoms with van der Waals surface area (Å²) < 4.78 is 7.71. The van der Waals surface area contributed by atoms with Crippen LogP contribution in [0.5, 0.6) is 0 Å². The van der Waals surface area contributed by atoms with Crippen LogP contribution in [0.25, 0.3) is 38.6 Å². The highest BCUT2D eigenvalue weighted by Gasteiger charge is 2.35. The minimum atomic E-state index is -0.361. The van der Waals surface area contributed by atoms with Crippen LogP contribution >= 0.6 is 11.6 Å². The number of fused-ring (bicyclic) bond motifs is 5. The number of para-hydroxylation sites is 2. The minimum Gasteiger partial charge on any atom is -0.462 e. The molecule has 0 atom stereocenters. The molecule has 0 N–H and O–H groups in total. The molecule has 0 fully saturated rings. The third kappa shape index (κ3) is 2.87. The molecule has 34 heavy (non-hydrogen) atoms. The van der Waals surface area contributed by atoms with Crippen molar-refractivity contribution in [2.75, 3.05) is 6.61 Å². The number of ether oxygens (including phenoxy) is 1. The molecule has 0 radical (unpaired) electrons. The maximum Gasteiger partial charge on any atom is 0.338 e. The highest BCUT2D eigenvalue weighted by atomic mass is 35.5. The number of aromatic nitrogens is 1. The summed E-state index contributed by atoms with van der Waals surface area (Å²) in [6.07, 6.45) is 0. The number of carbonyl (C=O) groups excluding carboxylic acids is 1. The lowest BCUT2D eigenvalue weighted by Gasteiger charge is -2.35. The Bertz CT molecular complexity index is 1630. The van der Waals surface area contributed by atoms with E-state index in [1.54, 1.807) is 6.07 Å². The van der Waals surface area contributed by atoms with Gasteiger partial charge in [0, 0.05) is 21.2 Å². The Labute approximate surface area is 203 Å². The van der Waals surface area contributed by atoms with Gasteiger partial charge in [-0.1, -0.05) is 74.0 Å². The summed E-state index contributed by atoms with van der Waals surface area (Å²) in [6.45, 7) is 6.68. The molecule has 1 aromatic heterocycles. The van der Waals surface area contributed by atoms with E-state index in [9.17, 15) is 4.79 Å². The average molecular weight is 466 g/mol. The molecule has 0 amide bonds. The van der Waals surface area contributed by atoms with Crippen LogP contribution in [0, 0.1) is 0 Å². The van der Waals surface area contributed by atoms with Crippen molar-refractivity contribution in [3.63, 3.8) is 0 Å². The number of rotatable bonds is 3. The molecular formula is C30H24ClNO2. The second-order valence-corrected chi connectivity index (χ2v) is 9.76. The van der Waals surface area contributed by atoms with Crippen LogP contribution in [0.3, 0.4) is 0 Å². The number of halogens is 1. The Hall–Kier alpha value is -3.56. The van der Waals surface area contributed by atoms with E-state index in [2.05, 4.69) is 79.1 Å². The zero-order valence-corrected chi connectivity index (χ0v) is 20.1. The fourth-order valence-corrected chi connectivity index (χ4v) is 5.64. The second-order valence-electron chi connectivity index (χ2n) is 9.32. The number of nitrogens with zero attached hydrogens (tertiary/aromatic N) is 1. The number of esters is 1. The summed E-state index contributed by atoms with van der Waals surface area (Å²) in [5, 5.41) is 3.05. The van der Waals surface area contributed by atoms with Crippen molar-refractivity contribution in [3.8, 4) is 16.8 Å². The minimum absolute atomic E-state index is 0.217. The normalized spacial score (nSPS) is 13.8. The Balaban J connectivity index is 1.64. The van der Waals surface area contributed by atoms with Crippen molar-refractivity contribution in [3.05, 3.63) is 101 Å². The van der Waals surface area contributed by atoms with E-state index in [1.165, 1.54) is 38.6 Å². The fourth-order valence-electron chi connectivity index (χ4n) is 5.46. The van der Waals surface area contributed by atoms with Crippen molar-refractivity contribution in [2.24, 2.45) is 0 Å². The summed E-state index contributed by atoms with van der Waals surface area (Å²) in [7, 11) is 0. The highest BCUT2D eigenvalue weighted by Crippen LogP contribution is 2.48. The number of hydrogen-bond donors (Lipinski definition) is 0. The van der Waals surface area contributed by atoms with E-state index in [0.717, 1.165) is 11.1 Å². The van der Waals surface area contributed by atoms with Gasteiger partial charge in [0.1, 0.15) is 0 Å². The Kier molecular flexibility index (Phi) is 4.62. The first-order valence-corrected chi connectivity index (χ1v) is 11.9. The second kappa shape index (κ2) is 7.48. The van der Waals surface area contributed by atoms with Gasteiger partial charge in [-0.05, 0) is 59.5 Å². The molecule has 0 aliphatic carbocycles. The third-order valence-electron chi connectivity index (χ3n) is 7.07. The predicted molar refractivity (Wildman–Crippen MR) is 139 cm³/mol. The van der Waals surface area contributed by atoms with Crippen molar-refractivity contribution >= 4 is 39.4 Å². The van der Waals surface area contributed by atoms with Gasteiger partial charge in [0.05, 0.1) is 28.9 Å². The van der Waals surface area contributed by atoms with Crippen molar-refractivity contribution in [2.45, 2.75) is 26.2 Å². The summed E-state index contributed by atoms with van der Waals surface area (Å²) in [6, 6.07) is 27.1. The Morgan fingerprint density at radius 2 is 1.71 bits per heavy atom. The lowest BCUT2D eigenvalue weighted by molar-refractivity contribution is 0.0527. The first-order chi connectivity index (χ1) is 16.4. The first-order valence-electron chi connectivity index (χ1n) is 11.6. The van der Waals surface area contributed by atoms with Gasteiger partial charge in [0.2, 0.25) is 0 Å². The Morgan fingerprint density at radius 1 is 0.912 bits per heavy atom. The van der Waals surface area contributed by atoms with Crippen LogP contribution in [-0.4, -0.2) is 17.1 Å². The van der Waals surface area contributed by atoms with Crippen LogP contribution in [0.4, 0.5) is 0 Å². The SMILES string of the molecule is CCOC(=O)c1cc(Cl)ccc1-c1ccc2c(c1)C(C)(C)c1cccc3c4ccccc4n-2c13. The molecule has 0 bridgehead atoms. The van der Waals surface area contributed by atoms with E-state index in [-0.39, 0.29) is 11.4 Å².